The maximum Gasteiger partial charge on any atom is 0.238 e. The zero-order chi connectivity index (χ0) is 13.6. The largest absolute Gasteiger partial charge is 0.325 e. The molecule has 0 saturated carbocycles. The van der Waals surface area contributed by atoms with Gasteiger partial charge in [0.15, 0.2) is 0 Å². The van der Waals surface area contributed by atoms with Gasteiger partial charge in [-0.2, -0.15) is 0 Å². The maximum atomic E-state index is 11.5. The standard InChI is InChI=1S/C12H18N2O3S/c1-10-4-3-5-11(8-10)14-12(15)9-13-6-7-18(2,16)17/h3-5,8,13H,6-7,9H2,1-2H3,(H,14,15). The maximum absolute atomic E-state index is 11.5. The zero-order valence-corrected chi connectivity index (χ0v) is 11.4. The molecule has 0 spiro atoms. The Morgan fingerprint density at radius 1 is 1.33 bits per heavy atom. The molecule has 0 aliphatic rings. The van der Waals surface area contributed by atoms with Crippen LogP contribution in [0.5, 0.6) is 0 Å². The third-order valence-electron chi connectivity index (χ3n) is 2.24. The number of anilines is 1. The van der Waals surface area contributed by atoms with E-state index in [-0.39, 0.29) is 24.7 Å². The van der Waals surface area contributed by atoms with Crippen molar-refractivity contribution in [3.8, 4) is 0 Å². The fourth-order valence-electron chi connectivity index (χ4n) is 1.39. The number of sulfone groups is 1. The van der Waals surface area contributed by atoms with E-state index >= 15 is 0 Å². The van der Waals surface area contributed by atoms with Crippen molar-refractivity contribution < 1.29 is 13.2 Å². The molecule has 1 aromatic carbocycles. The zero-order valence-electron chi connectivity index (χ0n) is 10.6. The van der Waals surface area contributed by atoms with Crippen LogP contribution >= 0.6 is 0 Å². The van der Waals surface area contributed by atoms with Crippen molar-refractivity contribution in [2.75, 3.05) is 30.4 Å². The molecule has 0 saturated heterocycles. The monoisotopic (exact) mass is 270 g/mol. The summed E-state index contributed by atoms with van der Waals surface area (Å²) in [7, 11) is -2.98. The van der Waals surface area contributed by atoms with Crippen molar-refractivity contribution in [2.45, 2.75) is 6.92 Å². The Morgan fingerprint density at radius 3 is 2.67 bits per heavy atom. The lowest BCUT2D eigenvalue weighted by Crippen LogP contribution is -2.31. The van der Waals surface area contributed by atoms with Gasteiger partial charge < -0.3 is 10.6 Å². The Kier molecular flexibility index (Phi) is 5.30. The number of carbonyl (C=O) groups is 1. The summed E-state index contributed by atoms with van der Waals surface area (Å²) in [6, 6.07) is 7.48. The summed E-state index contributed by atoms with van der Waals surface area (Å²) in [5, 5.41) is 5.51. The van der Waals surface area contributed by atoms with Crippen LogP contribution in [0.4, 0.5) is 5.69 Å². The lowest BCUT2D eigenvalue weighted by Gasteiger charge is -2.07. The number of hydrogen-bond donors (Lipinski definition) is 2. The van der Waals surface area contributed by atoms with Crippen molar-refractivity contribution >= 4 is 21.4 Å². The van der Waals surface area contributed by atoms with Crippen LogP contribution in [0.15, 0.2) is 24.3 Å². The molecule has 100 valence electrons. The summed E-state index contributed by atoms with van der Waals surface area (Å²) in [4.78, 5) is 11.5. The SMILES string of the molecule is Cc1cccc(NC(=O)CNCCS(C)(=O)=O)c1. The van der Waals surface area contributed by atoms with Gasteiger partial charge in [0, 0.05) is 18.5 Å². The first-order valence-electron chi connectivity index (χ1n) is 5.62. The molecular formula is C12H18N2O3S. The molecule has 2 N–H and O–H groups in total. The molecule has 1 rings (SSSR count). The Labute approximate surface area is 108 Å². The second-order valence-corrected chi connectivity index (χ2v) is 6.48. The quantitative estimate of drug-likeness (QED) is 0.741. The van der Waals surface area contributed by atoms with Crippen LogP contribution in [0.1, 0.15) is 5.56 Å². The van der Waals surface area contributed by atoms with E-state index in [0.717, 1.165) is 11.3 Å². The highest BCUT2D eigenvalue weighted by Crippen LogP contribution is 2.08. The minimum atomic E-state index is -2.98. The second kappa shape index (κ2) is 6.51. The molecule has 0 fully saturated rings. The number of hydrogen-bond acceptors (Lipinski definition) is 4. The molecule has 1 amide bonds. The lowest BCUT2D eigenvalue weighted by atomic mass is 10.2. The normalized spacial score (nSPS) is 11.2. The van der Waals surface area contributed by atoms with Gasteiger partial charge in [-0.25, -0.2) is 8.42 Å². The van der Waals surface area contributed by atoms with Crippen molar-refractivity contribution in [2.24, 2.45) is 0 Å². The van der Waals surface area contributed by atoms with Gasteiger partial charge in [-0.3, -0.25) is 4.79 Å². The van der Waals surface area contributed by atoms with Crippen molar-refractivity contribution in [3.63, 3.8) is 0 Å². The van der Waals surface area contributed by atoms with E-state index in [1.165, 1.54) is 6.26 Å². The average molecular weight is 270 g/mol. The van der Waals surface area contributed by atoms with Gasteiger partial charge >= 0.3 is 0 Å². The first-order chi connectivity index (χ1) is 8.37. The van der Waals surface area contributed by atoms with E-state index in [0.29, 0.717) is 0 Å². The predicted octanol–water partition coefficient (Wildman–Crippen LogP) is 0.568. The molecule has 6 heteroatoms. The van der Waals surface area contributed by atoms with Gasteiger partial charge in [-0.1, -0.05) is 12.1 Å². The third-order valence-corrected chi connectivity index (χ3v) is 3.18. The van der Waals surface area contributed by atoms with Crippen molar-refractivity contribution in [1.82, 2.24) is 5.32 Å². The van der Waals surface area contributed by atoms with Crippen LogP contribution in [0.2, 0.25) is 0 Å². The van der Waals surface area contributed by atoms with Gasteiger partial charge in [0.1, 0.15) is 9.84 Å². The molecule has 1 aromatic rings. The van der Waals surface area contributed by atoms with Crippen LogP contribution < -0.4 is 10.6 Å². The summed E-state index contributed by atoms with van der Waals surface area (Å²) in [5.41, 5.74) is 1.81. The highest BCUT2D eigenvalue weighted by Gasteiger charge is 2.04. The summed E-state index contributed by atoms with van der Waals surface area (Å²) in [6.07, 6.45) is 1.17. The summed E-state index contributed by atoms with van der Waals surface area (Å²) < 4.78 is 21.7. The molecule has 0 radical (unpaired) electrons. The Hall–Kier alpha value is -1.40. The fraction of sp³-hybridized carbons (Fsp3) is 0.417. The molecular weight excluding hydrogens is 252 g/mol. The minimum Gasteiger partial charge on any atom is -0.325 e. The molecule has 5 nitrogen and oxygen atoms in total. The Bertz CT molecular complexity index is 512. The Balaban J connectivity index is 2.30. The first-order valence-corrected chi connectivity index (χ1v) is 7.68. The second-order valence-electron chi connectivity index (χ2n) is 4.22. The fourth-order valence-corrected chi connectivity index (χ4v) is 1.90. The average Bonchev–Trinajstić information content (AvgIpc) is 2.23. The number of amides is 1. The molecule has 0 heterocycles. The van der Waals surface area contributed by atoms with Crippen molar-refractivity contribution in [1.29, 1.82) is 0 Å². The van der Waals surface area contributed by atoms with Crippen LogP contribution in [0.25, 0.3) is 0 Å². The molecule has 0 unspecified atom stereocenters. The van der Waals surface area contributed by atoms with Crippen LogP contribution in [-0.2, 0) is 14.6 Å². The third kappa shape index (κ3) is 6.36. The van der Waals surface area contributed by atoms with Gasteiger partial charge in [0.05, 0.1) is 12.3 Å². The van der Waals surface area contributed by atoms with Gasteiger partial charge in [-0.15, -0.1) is 0 Å². The summed E-state index contributed by atoms with van der Waals surface area (Å²) >= 11 is 0. The van der Waals surface area contributed by atoms with Crippen LogP contribution in [-0.4, -0.2) is 39.4 Å². The first kappa shape index (κ1) is 14.7. The summed E-state index contributed by atoms with van der Waals surface area (Å²) in [5.74, 6) is -0.154. The molecule has 0 aliphatic heterocycles. The van der Waals surface area contributed by atoms with Gasteiger partial charge in [0.2, 0.25) is 5.91 Å². The van der Waals surface area contributed by atoms with Gasteiger partial charge in [-0.05, 0) is 24.6 Å². The van der Waals surface area contributed by atoms with E-state index in [9.17, 15) is 13.2 Å². The number of rotatable bonds is 6. The highest BCUT2D eigenvalue weighted by atomic mass is 32.2. The van der Waals surface area contributed by atoms with E-state index in [2.05, 4.69) is 10.6 Å². The van der Waals surface area contributed by atoms with E-state index in [1.54, 1.807) is 6.07 Å². The van der Waals surface area contributed by atoms with E-state index < -0.39 is 9.84 Å². The lowest BCUT2D eigenvalue weighted by molar-refractivity contribution is -0.115. The number of benzene rings is 1. The molecule has 0 aliphatic carbocycles. The smallest absolute Gasteiger partial charge is 0.238 e. The number of aryl methyl sites for hydroxylation is 1. The number of nitrogens with one attached hydrogen (secondary N) is 2. The molecule has 0 bridgehead atoms. The van der Waals surface area contributed by atoms with Gasteiger partial charge in [0.25, 0.3) is 0 Å². The number of carbonyl (C=O) groups excluding carboxylic acids is 1. The van der Waals surface area contributed by atoms with Crippen LogP contribution in [0, 0.1) is 6.92 Å². The van der Waals surface area contributed by atoms with Crippen molar-refractivity contribution in [3.05, 3.63) is 29.8 Å². The molecule has 0 atom stereocenters. The topological polar surface area (TPSA) is 75.3 Å². The molecule has 18 heavy (non-hydrogen) atoms. The molecule has 0 aromatic heterocycles. The van der Waals surface area contributed by atoms with E-state index in [1.807, 2.05) is 25.1 Å². The van der Waals surface area contributed by atoms with E-state index in [4.69, 9.17) is 0 Å². The minimum absolute atomic E-state index is 0.0325. The highest BCUT2D eigenvalue weighted by molar-refractivity contribution is 7.90. The summed E-state index contributed by atoms with van der Waals surface area (Å²) in [6.45, 7) is 2.32. The predicted molar refractivity (Wildman–Crippen MR) is 72.4 cm³/mol. The Morgan fingerprint density at radius 2 is 2.06 bits per heavy atom. The van der Waals surface area contributed by atoms with Crippen LogP contribution in [0.3, 0.4) is 0 Å².